The van der Waals surface area contributed by atoms with Crippen molar-refractivity contribution in [3.63, 3.8) is 0 Å². The summed E-state index contributed by atoms with van der Waals surface area (Å²) < 4.78 is -2.47. The Hall–Kier alpha value is 8.98. The van der Waals surface area contributed by atoms with E-state index in [1.165, 1.54) is 0 Å². The van der Waals surface area contributed by atoms with E-state index >= 15 is 0 Å². The summed E-state index contributed by atoms with van der Waals surface area (Å²) in [6, 6.07) is 0. The summed E-state index contributed by atoms with van der Waals surface area (Å²) >= 11 is 118. The van der Waals surface area contributed by atoms with Crippen molar-refractivity contribution in [2.45, 2.75) is 0 Å². The lowest BCUT2D eigenvalue weighted by molar-refractivity contribution is 5.01. The van der Waals surface area contributed by atoms with Crippen LogP contribution < -0.4 is 0 Å². The molecule has 0 aromatic heterocycles. The van der Waals surface area contributed by atoms with Crippen LogP contribution in [0, 0.1) is 0 Å². The highest BCUT2D eigenvalue weighted by atomic mass is 127. The van der Waals surface area contributed by atoms with Gasteiger partial charge in [0.2, 0.25) is 0 Å². The van der Waals surface area contributed by atoms with Crippen molar-refractivity contribution < 1.29 is 0 Å². The number of halogens is 1. The zero-order valence-electron chi connectivity index (χ0n) is 13.1. The quantitative estimate of drug-likeness (QED) is 0.152. The molecular formula is HIS31. The summed E-state index contributed by atoms with van der Waals surface area (Å²) in [7, 11) is 0. The van der Waals surface area contributed by atoms with E-state index in [2.05, 4.69) is 11.7 Å². The predicted octanol–water partition coefficient (Wildman–Crippen LogP) is 1.19. The van der Waals surface area contributed by atoms with E-state index in [0.29, 0.717) is 0 Å². The molecule has 32 heteroatoms. The summed E-state index contributed by atoms with van der Waals surface area (Å²) in [5.74, 6) is 0. The Kier molecular flexibility index (Phi) is 16.3. The molecule has 0 aliphatic rings. The van der Waals surface area contributed by atoms with Gasteiger partial charge >= 0.3 is 0 Å². The number of hydrogen-bond acceptors (Lipinski definition) is 20. The van der Waals surface area contributed by atoms with E-state index in [-0.39, 0.29) is 0 Å². The van der Waals surface area contributed by atoms with Crippen molar-refractivity contribution in [1.82, 2.24) is 0 Å². The zero-order chi connectivity index (χ0) is 27.0. The van der Waals surface area contributed by atoms with E-state index in [1.54, 1.807) is 0 Å². The highest BCUT2D eigenvalue weighted by Crippen LogP contribution is 2.39. The molecule has 0 saturated carbocycles. The fourth-order valence-corrected chi connectivity index (χ4v) is 208. The van der Waals surface area contributed by atoms with Crippen LogP contribution in [-0.2, 0) is 274 Å². The van der Waals surface area contributed by atoms with E-state index in [1.807, 2.05) is 21.2 Å². The zero-order valence-corrected chi connectivity index (χ0v) is 40.6. The van der Waals surface area contributed by atoms with Crippen LogP contribution in [0.2, 0.25) is 0 Å². The fraction of sp³-hybridized carbons (Fsp3) is 0. The third kappa shape index (κ3) is 6.94. The minimum absolute atomic E-state index is 1.81. The molecule has 0 unspecified atom stereocenters. The minimum Gasteiger partial charge on any atom is -0.0917 e. The number of hydrogen-bond donors (Lipinski definition) is 1. The van der Waals surface area contributed by atoms with Crippen molar-refractivity contribution >= 4 is 307 Å². The van der Waals surface area contributed by atoms with Crippen molar-refractivity contribution in [3.8, 4) is 0 Å². The van der Waals surface area contributed by atoms with Crippen molar-refractivity contribution in [1.29, 1.82) is 0 Å². The molecule has 0 spiro atoms. The summed E-state index contributed by atoms with van der Waals surface area (Å²) in [6.07, 6.45) is 0. The van der Waals surface area contributed by atoms with Crippen molar-refractivity contribution in [2.75, 3.05) is 0 Å². The van der Waals surface area contributed by atoms with Crippen LogP contribution in [-0.4, -0.2) is 0 Å². The molecule has 0 aliphatic carbocycles. The Bertz CT molecular complexity index is 1770. The van der Waals surface area contributed by atoms with Crippen LogP contribution in [0.25, 0.3) is 0 Å². The van der Waals surface area contributed by atoms with Gasteiger partial charge in [0.05, 0.1) is 0 Å². The third-order valence-electron chi connectivity index (χ3n) is 2.25. The maximum atomic E-state index is 5.78. The molecule has 0 atom stereocenters. The minimum atomic E-state index is -3.31. The summed E-state index contributed by atoms with van der Waals surface area (Å²) in [5.41, 5.74) is 0. The second kappa shape index (κ2) is 12.8. The lowest BCUT2D eigenvalue weighted by Crippen LogP contribution is -2.36. The first-order valence-electron chi connectivity index (χ1n) is 5.17. The molecule has 0 rings (SSSR count). The molecule has 0 heterocycles. The van der Waals surface area contributed by atoms with Crippen LogP contribution in [0.15, 0.2) is 0 Å². The predicted molar refractivity (Wildman–Crippen MR) is 244 cm³/mol. The SMILES string of the molecule is S=S(=S)(S)S(=S)(=S)S(=S)(=S)S(=S)(=S)S(=S)(=S)S(=S)(=S)S(=S)(=S)S(=S)(=S)S(=S)(=S)S(=S)(=S)I. The van der Waals surface area contributed by atoms with Gasteiger partial charge in [-0.3, -0.25) is 0 Å². The van der Waals surface area contributed by atoms with Crippen LogP contribution in [0.4, 0.5) is 0 Å². The standard InChI is InChI=1S/HIS31/c1-23(2,3)25(7,8)27(11,12)29(15,16)31(19,20)32(21,22)30(17,18)28(13,14)26(9,10)24(4,5)6/h(H,4,5,6). The molecule has 0 fully saturated rings. The molecule has 0 aromatic carbocycles. The second-order valence-corrected chi connectivity index (χ2v) is 117. The molecule has 0 saturated heterocycles. The Balaban J connectivity index is 7.83. The topological polar surface area (TPSA) is 0 Å². The van der Waals surface area contributed by atoms with E-state index in [9.17, 15) is 0 Å². The van der Waals surface area contributed by atoms with Gasteiger partial charge in [0, 0.05) is 71.5 Å². The van der Waals surface area contributed by atoms with Gasteiger partial charge in [0.15, 0.2) is 0 Å². The molecule has 0 nitrogen and oxygen atoms in total. The Morgan fingerprint density at radius 2 is 0.469 bits per heavy atom. The average Bonchev–Trinajstić information content (AvgIpc) is 2.51. The lowest BCUT2D eigenvalue weighted by atomic mass is 29.7. The smallest absolute Gasteiger partial charge is 0.0451 e. The lowest BCUT2D eigenvalue weighted by Gasteiger charge is -2.33. The van der Waals surface area contributed by atoms with Crippen molar-refractivity contribution in [3.05, 3.63) is 0 Å². The first-order valence-corrected chi connectivity index (χ1v) is 48.2. The van der Waals surface area contributed by atoms with Crippen molar-refractivity contribution in [2.24, 2.45) is 0 Å². The van der Waals surface area contributed by atoms with Gasteiger partial charge in [-0.25, -0.2) is 0 Å². The molecule has 0 radical (unpaired) electrons. The normalized spacial score (nSPS) is 16.4. The van der Waals surface area contributed by atoms with Crippen LogP contribution in [0.5, 0.6) is 0 Å². The fourth-order valence-electron chi connectivity index (χ4n) is 0.817. The summed E-state index contributed by atoms with van der Waals surface area (Å²) in [6.45, 7) is 0. The number of thiol groups is 1. The van der Waals surface area contributed by atoms with E-state index in [0.717, 1.165) is 0 Å². The van der Waals surface area contributed by atoms with E-state index < -0.39 is 50.2 Å². The molecular weight excluding hydrogens is 1120 g/mol. The Labute approximate surface area is 298 Å². The Morgan fingerprint density at radius 1 is 0.312 bits per heavy atom. The highest BCUT2D eigenvalue weighted by Gasteiger charge is 2.41. The second-order valence-electron chi connectivity index (χ2n) is 4.09. The van der Waals surface area contributed by atoms with Gasteiger partial charge in [-0.15, -0.1) is 0 Å². The van der Waals surface area contributed by atoms with Gasteiger partial charge in [-0.05, 0) is 224 Å². The molecule has 194 valence electrons. The third-order valence-corrected chi connectivity index (χ3v) is 190. The van der Waals surface area contributed by atoms with Gasteiger partial charge < -0.3 is 0 Å². The molecule has 0 N–H and O–H groups in total. The van der Waals surface area contributed by atoms with Gasteiger partial charge in [0.25, 0.3) is 0 Å². The number of rotatable bonds is 9. The molecule has 0 bridgehead atoms. The van der Waals surface area contributed by atoms with Gasteiger partial charge in [0.1, 0.15) is 0 Å². The Morgan fingerprint density at radius 3 is 0.625 bits per heavy atom. The maximum Gasteiger partial charge on any atom is 0.0451 e. The highest BCUT2D eigenvalue weighted by molar-refractivity contribution is 14.2. The van der Waals surface area contributed by atoms with Crippen LogP contribution >= 0.6 is 32.9 Å². The monoisotopic (exact) mass is 1120 g/mol. The van der Waals surface area contributed by atoms with E-state index in [4.69, 9.17) is 224 Å². The van der Waals surface area contributed by atoms with Crippen LogP contribution in [0.1, 0.15) is 0 Å². The maximum absolute atomic E-state index is 5.78. The summed E-state index contributed by atoms with van der Waals surface area (Å²) in [4.78, 5) is 0. The first-order chi connectivity index (χ1) is 13.2. The van der Waals surface area contributed by atoms with Crippen LogP contribution in [0.3, 0.4) is 0 Å². The van der Waals surface area contributed by atoms with Gasteiger partial charge in [-0.1, -0.05) is 11.7 Å². The first kappa shape index (κ1) is 41.0. The molecule has 0 aromatic rings. The molecule has 0 aliphatic heterocycles. The molecule has 0 amide bonds. The summed E-state index contributed by atoms with van der Waals surface area (Å²) in [5, 5.41) is -28.0. The van der Waals surface area contributed by atoms with Gasteiger partial charge in [-0.2, -0.15) is 0 Å². The molecule has 32 heavy (non-hydrogen) atoms. The largest absolute Gasteiger partial charge is 0.0917 e. The average molecular weight is 1120 g/mol.